The molecule has 12 aromatic rings. The Bertz CT molecular complexity index is 3530. The lowest BCUT2D eigenvalue weighted by Crippen LogP contribution is -2.00. The van der Waals surface area contributed by atoms with Crippen molar-refractivity contribution in [1.29, 1.82) is 0 Å². The summed E-state index contributed by atoms with van der Waals surface area (Å²) >= 11 is 0. The van der Waals surface area contributed by atoms with Gasteiger partial charge in [0.05, 0.1) is 0 Å². The Balaban J connectivity index is 0.964. The van der Waals surface area contributed by atoms with E-state index in [0.717, 1.165) is 33.0 Å². The second kappa shape index (κ2) is 14.8. The zero-order valence-corrected chi connectivity index (χ0v) is 33.7. The lowest BCUT2D eigenvalue weighted by molar-refractivity contribution is 1.08. The third-order valence-electron chi connectivity index (χ3n) is 12.3. The number of fused-ring (bicyclic) bond motifs is 5. The zero-order chi connectivity index (χ0) is 41.0. The number of rotatable bonds is 6. The molecule has 0 unspecified atom stereocenters. The molecule has 1 heterocycles. The van der Waals surface area contributed by atoms with Crippen molar-refractivity contribution in [2.45, 2.75) is 0 Å². The van der Waals surface area contributed by atoms with Crippen molar-refractivity contribution in [2.75, 3.05) is 0 Å². The summed E-state index contributed by atoms with van der Waals surface area (Å²) in [6.07, 6.45) is 0. The summed E-state index contributed by atoms with van der Waals surface area (Å²) in [7, 11) is 0. The summed E-state index contributed by atoms with van der Waals surface area (Å²) in [5, 5.41) is 12.0. The van der Waals surface area contributed by atoms with Crippen LogP contribution in [-0.4, -0.2) is 15.0 Å². The van der Waals surface area contributed by atoms with Gasteiger partial charge in [-0.2, -0.15) is 0 Å². The molecule has 1 aromatic heterocycles. The molecule has 0 spiro atoms. The average molecular weight is 788 g/mol. The van der Waals surface area contributed by atoms with Crippen LogP contribution in [0.3, 0.4) is 0 Å². The Morgan fingerprint density at radius 2 is 0.468 bits per heavy atom. The highest BCUT2D eigenvalue weighted by Crippen LogP contribution is 2.44. The number of benzene rings is 11. The second-order valence-corrected chi connectivity index (χ2v) is 16.0. The van der Waals surface area contributed by atoms with Crippen LogP contribution in [0.2, 0.25) is 0 Å². The molecule has 0 aliphatic carbocycles. The van der Waals surface area contributed by atoms with Crippen molar-refractivity contribution >= 4 is 53.9 Å². The zero-order valence-electron chi connectivity index (χ0n) is 33.7. The van der Waals surface area contributed by atoms with E-state index in [1.807, 2.05) is 0 Å². The minimum absolute atomic E-state index is 0.634. The van der Waals surface area contributed by atoms with Crippen molar-refractivity contribution in [3.05, 3.63) is 224 Å². The predicted octanol–water partition coefficient (Wildman–Crippen LogP) is 15.6. The molecule has 0 N–H and O–H groups in total. The van der Waals surface area contributed by atoms with E-state index >= 15 is 0 Å². The molecule has 0 saturated carbocycles. The third-order valence-corrected chi connectivity index (χ3v) is 12.3. The van der Waals surface area contributed by atoms with Crippen molar-refractivity contribution in [1.82, 2.24) is 15.0 Å². The van der Waals surface area contributed by atoms with Crippen LogP contribution < -0.4 is 0 Å². The van der Waals surface area contributed by atoms with E-state index in [-0.39, 0.29) is 0 Å². The molecule has 0 aliphatic rings. The molecule has 0 amide bonds. The summed E-state index contributed by atoms with van der Waals surface area (Å²) in [5.41, 5.74) is 10.0. The van der Waals surface area contributed by atoms with Gasteiger partial charge in [-0.05, 0) is 105 Å². The van der Waals surface area contributed by atoms with Crippen molar-refractivity contribution in [3.63, 3.8) is 0 Å². The first kappa shape index (κ1) is 35.7. The van der Waals surface area contributed by atoms with E-state index in [1.165, 1.54) is 70.9 Å². The number of hydrogen-bond acceptors (Lipinski definition) is 3. The summed E-state index contributed by atoms with van der Waals surface area (Å²) < 4.78 is 0. The van der Waals surface area contributed by atoms with E-state index in [2.05, 4.69) is 224 Å². The van der Waals surface area contributed by atoms with Crippen LogP contribution >= 0.6 is 0 Å². The number of aromatic nitrogens is 3. The summed E-state index contributed by atoms with van der Waals surface area (Å²) in [4.78, 5) is 15.4. The Kier molecular flexibility index (Phi) is 8.50. The van der Waals surface area contributed by atoms with Gasteiger partial charge in [0.2, 0.25) is 0 Å². The standard InChI is InChI=1S/C59H37N3/c1-4-14-45-35-48(32-23-38(45)11-1)41-21-26-42(27-22-41)55-51-17-7-9-19-53(51)56(54-20-10-8-18-52(54)55)43-28-30-44(31-29-43)57-60-58(49-33-24-39-12-2-5-15-46(39)36-49)62-59(61-57)50-34-25-40-13-3-6-16-47(40)37-50/h1-37H. The van der Waals surface area contributed by atoms with Crippen molar-refractivity contribution in [3.8, 4) is 67.5 Å². The molecule has 288 valence electrons. The fraction of sp³-hybridized carbons (Fsp3) is 0. The van der Waals surface area contributed by atoms with Crippen LogP contribution in [0.5, 0.6) is 0 Å². The Labute approximate surface area is 359 Å². The first-order chi connectivity index (χ1) is 30.7. The fourth-order valence-electron chi connectivity index (χ4n) is 9.15. The molecule has 12 rings (SSSR count). The van der Waals surface area contributed by atoms with Gasteiger partial charge in [-0.15, -0.1) is 0 Å². The Morgan fingerprint density at radius 1 is 0.194 bits per heavy atom. The molecule has 0 saturated heterocycles. The molecule has 62 heavy (non-hydrogen) atoms. The third kappa shape index (κ3) is 6.27. The van der Waals surface area contributed by atoms with E-state index in [4.69, 9.17) is 15.0 Å². The van der Waals surface area contributed by atoms with Gasteiger partial charge in [-0.1, -0.05) is 206 Å². The normalized spacial score (nSPS) is 11.5. The van der Waals surface area contributed by atoms with E-state index in [1.54, 1.807) is 0 Å². The Hall–Kier alpha value is -8.27. The first-order valence-corrected chi connectivity index (χ1v) is 21.1. The minimum atomic E-state index is 0.634. The summed E-state index contributed by atoms with van der Waals surface area (Å²) in [6.45, 7) is 0. The van der Waals surface area contributed by atoms with Gasteiger partial charge < -0.3 is 0 Å². The molecule has 0 atom stereocenters. The average Bonchev–Trinajstić information content (AvgIpc) is 3.35. The number of hydrogen-bond donors (Lipinski definition) is 0. The van der Waals surface area contributed by atoms with Crippen molar-refractivity contribution in [2.24, 2.45) is 0 Å². The van der Waals surface area contributed by atoms with E-state index in [0.29, 0.717) is 17.5 Å². The molecule has 11 aromatic carbocycles. The van der Waals surface area contributed by atoms with Gasteiger partial charge in [0, 0.05) is 16.7 Å². The molecule has 3 nitrogen and oxygen atoms in total. The van der Waals surface area contributed by atoms with Gasteiger partial charge in [-0.25, -0.2) is 15.0 Å². The van der Waals surface area contributed by atoms with Crippen LogP contribution in [0.25, 0.3) is 121 Å². The van der Waals surface area contributed by atoms with Crippen LogP contribution in [0.15, 0.2) is 224 Å². The molecule has 0 aliphatic heterocycles. The maximum absolute atomic E-state index is 5.13. The highest BCUT2D eigenvalue weighted by molar-refractivity contribution is 6.21. The lowest BCUT2D eigenvalue weighted by atomic mass is 9.85. The SMILES string of the molecule is c1ccc2cc(-c3ccc(-c4c5ccccc5c(-c5ccc(-c6nc(-c7ccc8ccccc8c7)nc(-c7ccc8ccccc8c7)n6)cc5)c5ccccc45)cc3)ccc2c1. The maximum atomic E-state index is 5.13. The van der Waals surface area contributed by atoms with Crippen LogP contribution in [0.1, 0.15) is 0 Å². The van der Waals surface area contributed by atoms with Gasteiger partial charge in [0.1, 0.15) is 0 Å². The van der Waals surface area contributed by atoms with Crippen LogP contribution in [-0.2, 0) is 0 Å². The topological polar surface area (TPSA) is 38.7 Å². The molecule has 0 radical (unpaired) electrons. The molecular formula is C59H37N3. The second-order valence-electron chi connectivity index (χ2n) is 16.0. The largest absolute Gasteiger partial charge is 0.208 e. The Morgan fingerprint density at radius 3 is 0.871 bits per heavy atom. The van der Waals surface area contributed by atoms with E-state index in [9.17, 15) is 0 Å². The molecule has 0 bridgehead atoms. The molecule has 3 heteroatoms. The quantitative estimate of drug-likeness (QED) is 0.158. The summed E-state index contributed by atoms with van der Waals surface area (Å²) in [5.74, 6) is 1.92. The number of nitrogens with zero attached hydrogens (tertiary/aromatic N) is 3. The van der Waals surface area contributed by atoms with Crippen molar-refractivity contribution < 1.29 is 0 Å². The fourth-order valence-corrected chi connectivity index (χ4v) is 9.15. The maximum Gasteiger partial charge on any atom is 0.164 e. The van der Waals surface area contributed by atoms with Gasteiger partial charge in [0.25, 0.3) is 0 Å². The smallest absolute Gasteiger partial charge is 0.164 e. The van der Waals surface area contributed by atoms with Crippen LogP contribution in [0.4, 0.5) is 0 Å². The van der Waals surface area contributed by atoms with Gasteiger partial charge in [0.15, 0.2) is 17.5 Å². The minimum Gasteiger partial charge on any atom is -0.208 e. The molecular weight excluding hydrogens is 751 g/mol. The predicted molar refractivity (Wildman–Crippen MR) is 260 cm³/mol. The highest BCUT2D eigenvalue weighted by Gasteiger charge is 2.18. The highest BCUT2D eigenvalue weighted by atomic mass is 15.0. The first-order valence-electron chi connectivity index (χ1n) is 21.1. The van der Waals surface area contributed by atoms with Gasteiger partial charge in [-0.3, -0.25) is 0 Å². The monoisotopic (exact) mass is 787 g/mol. The van der Waals surface area contributed by atoms with E-state index < -0.39 is 0 Å². The van der Waals surface area contributed by atoms with Crippen LogP contribution in [0, 0.1) is 0 Å². The lowest BCUT2D eigenvalue weighted by Gasteiger charge is -2.18. The molecule has 0 fully saturated rings. The van der Waals surface area contributed by atoms with Gasteiger partial charge >= 0.3 is 0 Å². The summed E-state index contributed by atoms with van der Waals surface area (Å²) in [6, 6.07) is 80.3.